The van der Waals surface area contributed by atoms with Crippen molar-refractivity contribution in [3.63, 3.8) is 0 Å². The molecule has 3 N–H and O–H groups in total. The highest BCUT2D eigenvalue weighted by Gasteiger charge is 2.18. The van der Waals surface area contributed by atoms with Gasteiger partial charge in [-0.15, -0.1) is 0 Å². The number of carbonyl (C=O) groups is 2. The molecule has 0 saturated carbocycles. The molecule has 0 radical (unpaired) electrons. The van der Waals surface area contributed by atoms with E-state index in [9.17, 15) is 19.8 Å². The van der Waals surface area contributed by atoms with Crippen molar-refractivity contribution in [1.82, 2.24) is 5.32 Å². The Balaban J connectivity index is 3.37. The Labute approximate surface area is 481 Å². The molecule has 0 spiro atoms. The van der Waals surface area contributed by atoms with Crippen molar-refractivity contribution in [3.8, 4) is 0 Å². The van der Waals surface area contributed by atoms with Gasteiger partial charge in [-0.1, -0.05) is 346 Å². The van der Waals surface area contributed by atoms with E-state index < -0.39 is 12.1 Å². The minimum Gasteiger partial charge on any atom is -0.466 e. The Bertz CT molecular complexity index is 1200. The standard InChI is InChI=1S/C71H137NO5/c1-3-5-7-9-11-13-15-17-18-36-40-43-47-51-55-59-63-69(74)68(67-73)72-70(75)64-60-56-52-48-44-41-37-34-32-30-28-26-24-22-20-19-21-23-25-27-29-31-33-35-38-42-46-50-54-58-62-66-77-71(76)65-61-57-53-49-45-39-16-14-12-10-8-6-4-2/h21,23,59,63,68-69,73-74H,3-20,22,24-58,60-62,64-67H2,1-2H3,(H,72,75)/b23-21-,63-59+. The van der Waals surface area contributed by atoms with Crippen molar-refractivity contribution in [1.29, 1.82) is 0 Å². The number of unbranched alkanes of at least 4 members (excludes halogenated alkanes) is 53. The van der Waals surface area contributed by atoms with Crippen molar-refractivity contribution in [2.24, 2.45) is 0 Å². The van der Waals surface area contributed by atoms with Crippen molar-refractivity contribution in [3.05, 3.63) is 24.3 Å². The number of esters is 1. The second-order valence-corrected chi connectivity index (χ2v) is 24.2. The van der Waals surface area contributed by atoms with Crippen molar-refractivity contribution < 1.29 is 24.5 Å². The number of ether oxygens (including phenoxy) is 1. The van der Waals surface area contributed by atoms with Gasteiger partial charge in [-0.2, -0.15) is 0 Å². The second-order valence-electron chi connectivity index (χ2n) is 24.2. The van der Waals surface area contributed by atoms with Crippen molar-refractivity contribution in [2.45, 2.75) is 405 Å². The summed E-state index contributed by atoms with van der Waals surface area (Å²) in [6.45, 7) is 4.94. The van der Waals surface area contributed by atoms with Crippen molar-refractivity contribution in [2.75, 3.05) is 13.2 Å². The topological polar surface area (TPSA) is 95.9 Å². The van der Waals surface area contributed by atoms with Crippen LogP contribution in [0.5, 0.6) is 0 Å². The van der Waals surface area contributed by atoms with Crippen molar-refractivity contribution >= 4 is 11.9 Å². The van der Waals surface area contributed by atoms with Gasteiger partial charge in [0.25, 0.3) is 0 Å². The van der Waals surface area contributed by atoms with E-state index in [1.807, 2.05) is 6.08 Å². The van der Waals surface area contributed by atoms with Crippen LogP contribution in [0, 0.1) is 0 Å². The molecule has 6 nitrogen and oxygen atoms in total. The molecule has 0 aliphatic rings. The van der Waals surface area contributed by atoms with Crippen LogP contribution in [0.15, 0.2) is 24.3 Å². The third-order valence-corrected chi connectivity index (χ3v) is 16.5. The van der Waals surface area contributed by atoms with Gasteiger partial charge >= 0.3 is 5.97 Å². The van der Waals surface area contributed by atoms with E-state index in [1.165, 1.54) is 327 Å². The Kier molecular flexibility index (Phi) is 65.4. The van der Waals surface area contributed by atoms with Gasteiger partial charge in [0, 0.05) is 12.8 Å². The molecule has 0 aliphatic carbocycles. The number of nitrogens with one attached hydrogen (secondary N) is 1. The number of rotatable bonds is 66. The molecule has 0 aromatic carbocycles. The van der Waals surface area contributed by atoms with E-state index in [1.54, 1.807) is 6.08 Å². The quantitative estimate of drug-likeness (QED) is 0.0320. The maximum Gasteiger partial charge on any atom is 0.305 e. The molecule has 0 heterocycles. The Morgan fingerprint density at radius 1 is 0.351 bits per heavy atom. The van der Waals surface area contributed by atoms with Gasteiger partial charge in [-0.3, -0.25) is 9.59 Å². The van der Waals surface area contributed by atoms with Crippen LogP contribution in [0.25, 0.3) is 0 Å². The minimum atomic E-state index is -0.843. The van der Waals surface area contributed by atoms with Crippen LogP contribution in [0.4, 0.5) is 0 Å². The molecular weight excluding hydrogens is 947 g/mol. The predicted octanol–water partition coefficient (Wildman–Crippen LogP) is 22.5. The lowest BCUT2D eigenvalue weighted by Crippen LogP contribution is -2.45. The van der Waals surface area contributed by atoms with Crippen LogP contribution < -0.4 is 5.32 Å². The third kappa shape index (κ3) is 63.4. The molecule has 0 aromatic heterocycles. The molecule has 456 valence electrons. The fraction of sp³-hybridized carbons (Fsp3) is 0.915. The Morgan fingerprint density at radius 2 is 0.610 bits per heavy atom. The number of carbonyl (C=O) groups excluding carboxylic acids is 2. The summed E-state index contributed by atoms with van der Waals surface area (Å²) in [6, 6.07) is -0.626. The van der Waals surface area contributed by atoms with E-state index in [0.717, 1.165) is 38.5 Å². The van der Waals surface area contributed by atoms with Gasteiger partial charge < -0.3 is 20.3 Å². The first-order valence-corrected chi connectivity index (χ1v) is 35.1. The molecule has 0 saturated heterocycles. The predicted molar refractivity (Wildman–Crippen MR) is 338 cm³/mol. The first kappa shape index (κ1) is 75.3. The molecule has 0 bridgehead atoms. The highest BCUT2D eigenvalue weighted by Crippen LogP contribution is 2.18. The van der Waals surface area contributed by atoms with Crippen LogP contribution in [-0.2, 0) is 14.3 Å². The average Bonchev–Trinajstić information content (AvgIpc) is 3.43. The Hall–Kier alpha value is -1.66. The lowest BCUT2D eigenvalue weighted by atomic mass is 10.0. The van der Waals surface area contributed by atoms with E-state index in [-0.39, 0.29) is 18.5 Å². The minimum absolute atomic E-state index is 0.0195. The van der Waals surface area contributed by atoms with Crippen LogP contribution in [0.3, 0.4) is 0 Å². The molecule has 0 fully saturated rings. The third-order valence-electron chi connectivity index (χ3n) is 16.5. The molecule has 1 amide bonds. The van der Waals surface area contributed by atoms with E-state index in [4.69, 9.17) is 4.74 Å². The fourth-order valence-corrected chi connectivity index (χ4v) is 11.1. The first-order chi connectivity index (χ1) is 38.0. The summed E-state index contributed by atoms with van der Waals surface area (Å²) in [5.74, 6) is -0.0436. The molecule has 0 aliphatic heterocycles. The SMILES string of the molecule is CCCCCCCCCCCCCCCC/C=C/C(O)C(CO)NC(=O)CCCCCCCCCCCCCCCCC/C=C\CCCCCCCCCCCCCCOC(=O)CCCCCCCCCCCCCCC. The highest BCUT2D eigenvalue weighted by molar-refractivity contribution is 5.76. The number of aliphatic hydroxyl groups excluding tert-OH is 2. The molecule has 2 atom stereocenters. The summed E-state index contributed by atoms with van der Waals surface area (Å²) in [5.41, 5.74) is 0. The number of hydrogen-bond acceptors (Lipinski definition) is 5. The first-order valence-electron chi connectivity index (χ1n) is 35.1. The van der Waals surface area contributed by atoms with Crippen LogP contribution in [-0.4, -0.2) is 47.4 Å². The van der Waals surface area contributed by atoms with Gasteiger partial charge in [0.2, 0.25) is 5.91 Å². The number of allylic oxidation sites excluding steroid dienone is 3. The zero-order valence-electron chi connectivity index (χ0n) is 52.2. The van der Waals surface area contributed by atoms with Gasteiger partial charge in [-0.05, 0) is 57.8 Å². The summed E-state index contributed by atoms with van der Waals surface area (Å²) in [4.78, 5) is 24.5. The Morgan fingerprint density at radius 3 is 0.922 bits per heavy atom. The van der Waals surface area contributed by atoms with E-state index in [2.05, 4.69) is 31.3 Å². The number of aliphatic hydroxyl groups is 2. The van der Waals surface area contributed by atoms with E-state index >= 15 is 0 Å². The zero-order valence-corrected chi connectivity index (χ0v) is 52.2. The molecule has 6 heteroatoms. The maximum atomic E-state index is 12.5. The second kappa shape index (κ2) is 66.8. The number of amides is 1. The monoisotopic (exact) mass is 1080 g/mol. The molecular formula is C71H137NO5. The van der Waals surface area contributed by atoms with Gasteiger partial charge in [0.15, 0.2) is 0 Å². The number of hydrogen-bond donors (Lipinski definition) is 3. The normalized spacial score (nSPS) is 12.6. The summed E-state index contributed by atoms with van der Waals surface area (Å²) in [5, 5.41) is 23.2. The summed E-state index contributed by atoms with van der Waals surface area (Å²) >= 11 is 0. The van der Waals surface area contributed by atoms with Gasteiger partial charge in [0.05, 0.1) is 25.4 Å². The molecule has 0 aromatic rings. The highest BCUT2D eigenvalue weighted by atomic mass is 16.5. The molecule has 77 heavy (non-hydrogen) atoms. The van der Waals surface area contributed by atoms with Crippen LogP contribution >= 0.6 is 0 Å². The lowest BCUT2D eigenvalue weighted by molar-refractivity contribution is -0.143. The van der Waals surface area contributed by atoms with Gasteiger partial charge in [-0.25, -0.2) is 0 Å². The summed E-state index contributed by atoms with van der Waals surface area (Å²) < 4.78 is 5.49. The molecule has 2 unspecified atom stereocenters. The average molecular weight is 1080 g/mol. The van der Waals surface area contributed by atoms with Gasteiger partial charge in [0.1, 0.15) is 0 Å². The maximum absolute atomic E-state index is 12.5. The molecule has 0 rings (SSSR count). The van der Waals surface area contributed by atoms with Crippen LogP contribution in [0.2, 0.25) is 0 Å². The zero-order chi connectivity index (χ0) is 55.7. The van der Waals surface area contributed by atoms with E-state index in [0.29, 0.717) is 19.4 Å². The van der Waals surface area contributed by atoms with Crippen LogP contribution in [0.1, 0.15) is 393 Å². The lowest BCUT2D eigenvalue weighted by Gasteiger charge is -2.20. The summed E-state index contributed by atoms with van der Waals surface area (Å²) in [6.07, 6.45) is 84.0. The largest absolute Gasteiger partial charge is 0.466 e. The fourth-order valence-electron chi connectivity index (χ4n) is 11.1. The smallest absolute Gasteiger partial charge is 0.305 e. The summed E-state index contributed by atoms with van der Waals surface area (Å²) in [7, 11) is 0.